The molecule has 9 aromatic carbocycles. The van der Waals surface area contributed by atoms with E-state index in [0.29, 0.717) is 0 Å². The summed E-state index contributed by atoms with van der Waals surface area (Å²) >= 11 is 3.62. The molecular formula is C57H35N5S2. The zero-order valence-electron chi connectivity index (χ0n) is 34.3. The summed E-state index contributed by atoms with van der Waals surface area (Å²) in [6.07, 6.45) is 0. The Hall–Kier alpha value is -7.97. The molecular weight excluding hydrogens is 819 g/mol. The summed E-state index contributed by atoms with van der Waals surface area (Å²) in [5.74, 6) is 1.83. The molecule has 0 aliphatic heterocycles. The van der Waals surface area contributed by atoms with Gasteiger partial charge in [-0.05, 0) is 65.7 Å². The fourth-order valence-corrected chi connectivity index (χ4v) is 11.7. The van der Waals surface area contributed by atoms with Gasteiger partial charge in [-0.1, -0.05) is 158 Å². The minimum atomic E-state index is 0.912. The number of nitrogens with zero attached hydrogens (tertiary/aromatic N) is 5. The first-order valence-electron chi connectivity index (χ1n) is 21.4. The zero-order chi connectivity index (χ0) is 42.1. The first kappa shape index (κ1) is 36.7. The number of thiophene rings is 1. The van der Waals surface area contributed by atoms with Gasteiger partial charge in [-0.2, -0.15) is 0 Å². The summed E-state index contributed by atoms with van der Waals surface area (Å²) in [5, 5.41) is 3.57. The maximum absolute atomic E-state index is 5.56. The third-order valence-electron chi connectivity index (χ3n) is 12.2. The number of imidazole rings is 2. The Kier molecular flexibility index (Phi) is 8.50. The number of benzene rings is 9. The number of thiazole rings is 1. The van der Waals surface area contributed by atoms with E-state index in [1.54, 1.807) is 11.3 Å². The lowest BCUT2D eigenvalue weighted by atomic mass is 9.97. The van der Waals surface area contributed by atoms with Gasteiger partial charge in [0.1, 0.15) is 16.7 Å². The fraction of sp³-hybridized carbons (Fsp3) is 0. The van der Waals surface area contributed by atoms with Crippen molar-refractivity contribution in [2.45, 2.75) is 0 Å². The highest BCUT2D eigenvalue weighted by Crippen LogP contribution is 2.46. The lowest BCUT2D eigenvalue weighted by molar-refractivity contribution is 1.10. The van der Waals surface area contributed by atoms with Crippen LogP contribution in [0.15, 0.2) is 212 Å². The SMILES string of the molecule is c1ccc(-n2c(-c3ccc(-c4ccc(-c5ccc(-c6nc7ccccc7n6-c6ccccc6)cc5)c5sc(-c6cccc7c6sc6ccccc67)nc45)cc3)nc3ccccc32)cc1. The highest BCUT2D eigenvalue weighted by molar-refractivity contribution is 7.27. The summed E-state index contributed by atoms with van der Waals surface area (Å²) in [5.41, 5.74) is 15.0. The molecule has 0 bridgehead atoms. The Morgan fingerprint density at radius 1 is 0.328 bits per heavy atom. The van der Waals surface area contributed by atoms with Gasteiger partial charge in [-0.15, -0.1) is 22.7 Å². The molecule has 0 N–H and O–H groups in total. The van der Waals surface area contributed by atoms with Gasteiger partial charge in [0.25, 0.3) is 0 Å². The standard InChI is InChI=1S/C57H35N5S2/c1-3-14-40(15-4-1)61-49-23-10-8-21-47(49)58-55(61)38-30-26-36(27-31-38)42-34-35-43(54-52(42)60-57(64-54)46-20-13-19-45-44-18-7-12-25-51(44)63-53(45)46)37-28-32-39(33-29-37)56-59-48-22-9-11-24-50(48)62(56)41-16-5-2-6-17-41/h1-35H. The Morgan fingerprint density at radius 3 is 1.45 bits per heavy atom. The van der Waals surface area contributed by atoms with Crippen LogP contribution in [-0.4, -0.2) is 24.1 Å². The maximum atomic E-state index is 5.56. The van der Waals surface area contributed by atoms with Gasteiger partial charge in [0.2, 0.25) is 0 Å². The third-order valence-corrected chi connectivity index (χ3v) is 14.6. The van der Waals surface area contributed by atoms with Crippen LogP contribution in [0.4, 0.5) is 0 Å². The van der Waals surface area contributed by atoms with Crippen LogP contribution in [0.25, 0.3) is 119 Å². The minimum absolute atomic E-state index is 0.912. The smallest absolute Gasteiger partial charge is 0.145 e. The Balaban J connectivity index is 0.954. The van der Waals surface area contributed by atoms with Gasteiger partial charge in [0, 0.05) is 59.4 Å². The monoisotopic (exact) mass is 853 g/mol. The van der Waals surface area contributed by atoms with Crippen molar-refractivity contribution in [3.8, 4) is 67.0 Å². The van der Waals surface area contributed by atoms with E-state index in [2.05, 4.69) is 209 Å². The molecule has 0 saturated heterocycles. The maximum Gasteiger partial charge on any atom is 0.145 e. The van der Waals surface area contributed by atoms with Crippen molar-refractivity contribution in [3.05, 3.63) is 212 Å². The molecule has 13 rings (SSSR count). The first-order chi connectivity index (χ1) is 31.7. The molecule has 64 heavy (non-hydrogen) atoms. The van der Waals surface area contributed by atoms with Crippen molar-refractivity contribution in [3.63, 3.8) is 0 Å². The van der Waals surface area contributed by atoms with E-state index in [9.17, 15) is 0 Å². The Bertz CT molecular complexity index is 3680. The number of hydrogen-bond acceptors (Lipinski definition) is 5. The average Bonchev–Trinajstić information content (AvgIpc) is 4.16. The summed E-state index contributed by atoms with van der Waals surface area (Å²) in [7, 11) is 0. The average molecular weight is 854 g/mol. The quantitative estimate of drug-likeness (QED) is 0.160. The molecule has 0 aliphatic carbocycles. The van der Waals surface area contributed by atoms with E-state index in [4.69, 9.17) is 15.0 Å². The molecule has 0 atom stereocenters. The lowest BCUT2D eigenvalue weighted by Gasteiger charge is -2.12. The predicted octanol–water partition coefficient (Wildman–Crippen LogP) is 15.7. The lowest BCUT2D eigenvalue weighted by Crippen LogP contribution is -1.97. The van der Waals surface area contributed by atoms with Crippen LogP contribution in [0.1, 0.15) is 0 Å². The second-order valence-corrected chi connectivity index (χ2v) is 18.0. The minimum Gasteiger partial charge on any atom is -0.292 e. The molecule has 13 aromatic rings. The molecule has 0 fully saturated rings. The van der Waals surface area contributed by atoms with Crippen molar-refractivity contribution in [1.29, 1.82) is 0 Å². The zero-order valence-corrected chi connectivity index (χ0v) is 35.9. The van der Waals surface area contributed by atoms with Gasteiger partial charge in [-0.3, -0.25) is 9.13 Å². The second-order valence-electron chi connectivity index (χ2n) is 16.0. The third kappa shape index (κ3) is 5.93. The second kappa shape index (κ2) is 14.8. The molecule has 0 amide bonds. The van der Waals surface area contributed by atoms with Gasteiger partial charge in [0.15, 0.2) is 0 Å². The van der Waals surface area contributed by atoms with E-state index in [0.717, 1.165) is 93.7 Å². The van der Waals surface area contributed by atoms with Crippen molar-refractivity contribution in [2.75, 3.05) is 0 Å². The summed E-state index contributed by atoms with van der Waals surface area (Å²) < 4.78 is 8.21. The van der Waals surface area contributed by atoms with Crippen molar-refractivity contribution in [2.24, 2.45) is 0 Å². The van der Waals surface area contributed by atoms with Gasteiger partial charge in [-0.25, -0.2) is 15.0 Å². The summed E-state index contributed by atoms with van der Waals surface area (Å²) in [6, 6.07) is 75.2. The van der Waals surface area contributed by atoms with Gasteiger partial charge >= 0.3 is 0 Å². The van der Waals surface area contributed by atoms with Crippen molar-refractivity contribution >= 4 is 75.1 Å². The summed E-state index contributed by atoms with van der Waals surface area (Å²) in [4.78, 5) is 15.8. The van der Waals surface area contributed by atoms with Gasteiger partial charge in [0.05, 0.1) is 32.3 Å². The molecule has 7 heteroatoms. The highest BCUT2D eigenvalue weighted by atomic mass is 32.1. The van der Waals surface area contributed by atoms with Crippen LogP contribution >= 0.6 is 22.7 Å². The molecule has 4 heterocycles. The van der Waals surface area contributed by atoms with E-state index in [1.807, 2.05) is 23.5 Å². The van der Waals surface area contributed by atoms with Crippen molar-refractivity contribution in [1.82, 2.24) is 24.1 Å². The largest absolute Gasteiger partial charge is 0.292 e. The molecule has 5 nitrogen and oxygen atoms in total. The summed E-state index contributed by atoms with van der Waals surface area (Å²) in [6.45, 7) is 0. The van der Waals surface area contributed by atoms with E-state index in [1.165, 1.54) is 25.7 Å². The molecule has 4 aromatic heterocycles. The van der Waals surface area contributed by atoms with Crippen LogP contribution in [-0.2, 0) is 0 Å². The van der Waals surface area contributed by atoms with Crippen LogP contribution in [0.5, 0.6) is 0 Å². The predicted molar refractivity (Wildman–Crippen MR) is 269 cm³/mol. The number of hydrogen-bond donors (Lipinski definition) is 0. The van der Waals surface area contributed by atoms with E-state index < -0.39 is 0 Å². The number of aromatic nitrogens is 5. The van der Waals surface area contributed by atoms with Gasteiger partial charge < -0.3 is 0 Å². The molecule has 0 spiro atoms. The normalized spacial score (nSPS) is 11.8. The van der Waals surface area contributed by atoms with E-state index in [-0.39, 0.29) is 0 Å². The Labute approximate surface area is 376 Å². The number of fused-ring (bicyclic) bond motifs is 6. The highest BCUT2D eigenvalue weighted by Gasteiger charge is 2.21. The molecule has 0 unspecified atom stereocenters. The molecule has 0 radical (unpaired) electrons. The number of para-hydroxylation sites is 6. The fourth-order valence-electron chi connectivity index (χ4n) is 9.21. The Morgan fingerprint density at radius 2 is 0.828 bits per heavy atom. The topological polar surface area (TPSA) is 48.5 Å². The van der Waals surface area contributed by atoms with Crippen LogP contribution in [0.2, 0.25) is 0 Å². The van der Waals surface area contributed by atoms with Crippen LogP contribution < -0.4 is 0 Å². The van der Waals surface area contributed by atoms with Crippen molar-refractivity contribution < 1.29 is 0 Å². The molecule has 0 aliphatic rings. The van der Waals surface area contributed by atoms with E-state index >= 15 is 0 Å². The van der Waals surface area contributed by atoms with Crippen LogP contribution in [0, 0.1) is 0 Å². The molecule has 0 saturated carbocycles. The van der Waals surface area contributed by atoms with Crippen LogP contribution in [0.3, 0.4) is 0 Å². The number of rotatable bonds is 7. The molecule has 300 valence electrons. The first-order valence-corrected chi connectivity index (χ1v) is 23.0.